The zero-order valence-electron chi connectivity index (χ0n) is 18.7. The Bertz CT molecular complexity index is 865. The summed E-state index contributed by atoms with van der Waals surface area (Å²) in [6, 6.07) is 13.2. The van der Waals surface area contributed by atoms with Crippen LogP contribution in [0.15, 0.2) is 48.5 Å². The van der Waals surface area contributed by atoms with Crippen molar-refractivity contribution in [3.8, 4) is 5.75 Å². The molecule has 2 aromatic rings. The third-order valence-electron chi connectivity index (χ3n) is 5.51. The van der Waals surface area contributed by atoms with Crippen molar-refractivity contribution in [2.75, 3.05) is 39.3 Å². The number of carbonyl (C=O) groups excluding carboxylic acids is 2. The summed E-state index contributed by atoms with van der Waals surface area (Å²) < 4.78 is 19.0. The van der Waals surface area contributed by atoms with Gasteiger partial charge in [0.15, 0.2) is 0 Å². The van der Waals surface area contributed by atoms with E-state index in [2.05, 4.69) is 12.2 Å². The zero-order valence-corrected chi connectivity index (χ0v) is 18.7. The molecule has 0 saturated carbocycles. The van der Waals surface area contributed by atoms with Crippen LogP contribution in [-0.4, -0.2) is 60.9 Å². The van der Waals surface area contributed by atoms with Gasteiger partial charge in [-0.3, -0.25) is 9.59 Å². The van der Waals surface area contributed by atoms with E-state index in [1.807, 2.05) is 4.90 Å². The Labute approximate surface area is 189 Å². The van der Waals surface area contributed by atoms with Crippen LogP contribution in [0.3, 0.4) is 0 Å². The Morgan fingerprint density at radius 3 is 2.41 bits per heavy atom. The van der Waals surface area contributed by atoms with Gasteiger partial charge in [-0.05, 0) is 48.4 Å². The molecule has 1 aliphatic heterocycles. The van der Waals surface area contributed by atoms with Gasteiger partial charge in [-0.25, -0.2) is 4.39 Å². The van der Waals surface area contributed by atoms with Gasteiger partial charge in [0.2, 0.25) is 5.91 Å². The monoisotopic (exact) mass is 441 g/mol. The smallest absolute Gasteiger partial charge is 0.254 e. The largest absolute Gasteiger partial charge is 0.494 e. The van der Waals surface area contributed by atoms with E-state index in [9.17, 15) is 14.0 Å². The molecule has 0 aliphatic carbocycles. The van der Waals surface area contributed by atoms with Crippen LogP contribution < -0.4 is 10.1 Å². The Kier molecular flexibility index (Phi) is 9.04. The van der Waals surface area contributed by atoms with Gasteiger partial charge in [-0.1, -0.05) is 25.5 Å². The maximum atomic E-state index is 13.3. The average Bonchev–Trinajstić information content (AvgIpc) is 2.83. The number of halogens is 1. The summed E-state index contributed by atoms with van der Waals surface area (Å²) in [7, 11) is 0. The van der Waals surface area contributed by atoms with E-state index in [1.54, 1.807) is 41.3 Å². The SMILES string of the molecule is CCCCOc1ccc(C(=O)N(CCC(=O)N2CCNCC2)Cc2ccc(F)cc2)cc1. The molecule has 1 aliphatic rings. The second-order valence-electron chi connectivity index (χ2n) is 7.96. The number of piperazine rings is 1. The van der Waals surface area contributed by atoms with E-state index in [0.29, 0.717) is 38.3 Å². The van der Waals surface area contributed by atoms with Gasteiger partial charge in [0.1, 0.15) is 11.6 Å². The van der Waals surface area contributed by atoms with Gasteiger partial charge < -0.3 is 19.9 Å². The lowest BCUT2D eigenvalue weighted by Crippen LogP contribution is -2.47. The van der Waals surface area contributed by atoms with Crippen molar-refractivity contribution >= 4 is 11.8 Å². The highest BCUT2D eigenvalue weighted by Gasteiger charge is 2.21. The number of benzene rings is 2. The predicted molar refractivity (Wildman–Crippen MR) is 122 cm³/mol. The molecule has 2 amide bonds. The third kappa shape index (κ3) is 7.05. The molecule has 0 unspecified atom stereocenters. The summed E-state index contributed by atoms with van der Waals surface area (Å²) in [5.74, 6) is 0.291. The minimum Gasteiger partial charge on any atom is -0.494 e. The molecule has 0 radical (unpaired) electrons. The average molecular weight is 442 g/mol. The highest BCUT2D eigenvalue weighted by Crippen LogP contribution is 2.17. The second kappa shape index (κ2) is 12.2. The van der Waals surface area contributed by atoms with Crippen LogP contribution in [0.25, 0.3) is 0 Å². The number of nitrogens with zero attached hydrogens (tertiary/aromatic N) is 2. The predicted octanol–water partition coefficient (Wildman–Crippen LogP) is 3.47. The van der Waals surface area contributed by atoms with E-state index in [0.717, 1.165) is 37.2 Å². The Hall–Kier alpha value is -2.93. The van der Waals surface area contributed by atoms with Crippen LogP contribution in [0.5, 0.6) is 5.75 Å². The van der Waals surface area contributed by atoms with Crippen molar-refractivity contribution in [1.82, 2.24) is 15.1 Å². The molecule has 3 rings (SSSR count). The highest BCUT2D eigenvalue weighted by atomic mass is 19.1. The van der Waals surface area contributed by atoms with Gasteiger partial charge in [0.05, 0.1) is 6.61 Å². The standard InChI is InChI=1S/C25H32FN3O3/c1-2-3-18-32-23-10-6-21(7-11-23)25(31)29(19-20-4-8-22(26)9-5-20)15-12-24(30)28-16-13-27-14-17-28/h4-11,27H,2-3,12-19H2,1H3. The number of carbonyl (C=O) groups is 2. The van der Waals surface area contributed by atoms with Crippen molar-refractivity contribution < 1.29 is 18.7 Å². The topological polar surface area (TPSA) is 61.9 Å². The molecule has 32 heavy (non-hydrogen) atoms. The first-order valence-corrected chi connectivity index (χ1v) is 11.3. The van der Waals surface area contributed by atoms with E-state index in [4.69, 9.17) is 4.74 Å². The minimum atomic E-state index is -0.320. The quantitative estimate of drug-likeness (QED) is 0.574. The first kappa shape index (κ1) is 23.7. The molecule has 0 aromatic heterocycles. The van der Waals surface area contributed by atoms with Gasteiger partial charge in [0, 0.05) is 51.3 Å². The maximum absolute atomic E-state index is 13.3. The Morgan fingerprint density at radius 2 is 1.75 bits per heavy atom. The lowest BCUT2D eigenvalue weighted by Gasteiger charge is -2.29. The first-order chi connectivity index (χ1) is 15.6. The van der Waals surface area contributed by atoms with E-state index >= 15 is 0 Å². The number of ether oxygens (including phenoxy) is 1. The van der Waals surface area contributed by atoms with Crippen LogP contribution in [0.4, 0.5) is 4.39 Å². The molecular weight excluding hydrogens is 409 g/mol. The number of nitrogens with one attached hydrogen (secondary N) is 1. The zero-order chi connectivity index (χ0) is 22.8. The molecule has 1 heterocycles. The number of amides is 2. The van der Waals surface area contributed by atoms with Crippen molar-refractivity contribution in [2.45, 2.75) is 32.7 Å². The summed E-state index contributed by atoms with van der Waals surface area (Å²) in [6.45, 7) is 6.31. The number of rotatable bonds is 10. The first-order valence-electron chi connectivity index (χ1n) is 11.3. The maximum Gasteiger partial charge on any atom is 0.254 e. The molecular formula is C25H32FN3O3. The number of hydrogen-bond donors (Lipinski definition) is 1. The molecule has 0 atom stereocenters. The minimum absolute atomic E-state index is 0.0445. The molecule has 1 fully saturated rings. The van der Waals surface area contributed by atoms with Gasteiger partial charge >= 0.3 is 0 Å². The highest BCUT2D eigenvalue weighted by molar-refractivity contribution is 5.94. The second-order valence-corrected chi connectivity index (χ2v) is 7.96. The van der Waals surface area contributed by atoms with Crippen LogP contribution >= 0.6 is 0 Å². The van der Waals surface area contributed by atoms with Crippen molar-refractivity contribution in [1.29, 1.82) is 0 Å². The fourth-order valence-corrected chi connectivity index (χ4v) is 3.58. The summed E-state index contributed by atoms with van der Waals surface area (Å²) in [5.41, 5.74) is 1.35. The molecule has 0 bridgehead atoms. The van der Waals surface area contributed by atoms with Gasteiger partial charge in [-0.15, -0.1) is 0 Å². The molecule has 0 spiro atoms. The summed E-state index contributed by atoms with van der Waals surface area (Å²) in [4.78, 5) is 29.4. The molecule has 172 valence electrons. The Balaban J connectivity index is 1.67. The third-order valence-corrected chi connectivity index (χ3v) is 5.51. The normalized spacial score (nSPS) is 13.6. The summed E-state index contributed by atoms with van der Waals surface area (Å²) in [6.07, 6.45) is 2.29. The molecule has 1 N–H and O–H groups in total. The molecule has 2 aromatic carbocycles. The van der Waals surface area contributed by atoms with Crippen molar-refractivity contribution in [3.05, 3.63) is 65.5 Å². The van der Waals surface area contributed by atoms with Crippen LogP contribution in [0, 0.1) is 5.82 Å². The molecule has 7 heteroatoms. The molecule has 6 nitrogen and oxygen atoms in total. The summed E-state index contributed by atoms with van der Waals surface area (Å²) >= 11 is 0. The fourth-order valence-electron chi connectivity index (χ4n) is 3.58. The number of hydrogen-bond acceptors (Lipinski definition) is 4. The fraction of sp³-hybridized carbons (Fsp3) is 0.440. The van der Waals surface area contributed by atoms with E-state index < -0.39 is 0 Å². The van der Waals surface area contributed by atoms with Gasteiger partial charge in [-0.2, -0.15) is 0 Å². The molecule has 1 saturated heterocycles. The van der Waals surface area contributed by atoms with E-state index in [-0.39, 0.29) is 24.1 Å². The van der Waals surface area contributed by atoms with Crippen molar-refractivity contribution in [2.24, 2.45) is 0 Å². The van der Waals surface area contributed by atoms with Crippen molar-refractivity contribution in [3.63, 3.8) is 0 Å². The lowest BCUT2D eigenvalue weighted by atomic mass is 10.1. The van der Waals surface area contributed by atoms with E-state index in [1.165, 1.54) is 12.1 Å². The van der Waals surface area contributed by atoms with Crippen LogP contribution in [0.2, 0.25) is 0 Å². The summed E-state index contributed by atoms with van der Waals surface area (Å²) in [5, 5.41) is 3.23. The number of unbranched alkanes of at least 4 members (excludes halogenated alkanes) is 1. The van der Waals surface area contributed by atoms with Crippen LogP contribution in [0.1, 0.15) is 42.1 Å². The van der Waals surface area contributed by atoms with Crippen LogP contribution in [-0.2, 0) is 11.3 Å². The van der Waals surface area contributed by atoms with Gasteiger partial charge in [0.25, 0.3) is 5.91 Å². The Morgan fingerprint density at radius 1 is 1.06 bits per heavy atom. The lowest BCUT2D eigenvalue weighted by molar-refractivity contribution is -0.132.